The predicted molar refractivity (Wildman–Crippen MR) is 119 cm³/mol. The third-order valence-electron chi connectivity index (χ3n) is 5.09. The quantitative estimate of drug-likeness (QED) is 0.737. The first kappa shape index (κ1) is 24.2. The van der Waals surface area contributed by atoms with Gasteiger partial charge >= 0.3 is 0 Å². The molecule has 28 heavy (non-hydrogen) atoms. The summed E-state index contributed by atoms with van der Waals surface area (Å²) in [6.07, 6.45) is 5.56. The van der Waals surface area contributed by atoms with Crippen LogP contribution < -0.4 is 16.0 Å². The molecule has 1 aliphatic heterocycles. The van der Waals surface area contributed by atoms with E-state index in [2.05, 4.69) is 21.3 Å². The van der Waals surface area contributed by atoms with Crippen molar-refractivity contribution in [3.8, 4) is 0 Å². The Morgan fingerprint density at radius 2 is 1.82 bits per heavy atom. The lowest BCUT2D eigenvalue weighted by atomic mass is 9.94. The first-order chi connectivity index (χ1) is 12.6. The van der Waals surface area contributed by atoms with Crippen LogP contribution in [0.2, 0.25) is 0 Å². The van der Waals surface area contributed by atoms with Gasteiger partial charge in [0.05, 0.1) is 5.92 Å². The van der Waals surface area contributed by atoms with Crippen LogP contribution in [0, 0.1) is 5.92 Å². The lowest BCUT2D eigenvalue weighted by molar-refractivity contribution is -0.125. The fourth-order valence-electron chi connectivity index (χ4n) is 3.34. The SMILES string of the molecule is CC(C(=O)NCc1ccnc(N2CCCCC2)c1)C(N)c1ccccc1.Cl.Cl. The van der Waals surface area contributed by atoms with Crippen LogP contribution >= 0.6 is 24.8 Å². The summed E-state index contributed by atoms with van der Waals surface area (Å²) in [6.45, 7) is 4.49. The molecule has 0 bridgehead atoms. The Hall–Kier alpha value is -1.82. The van der Waals surface area contributed by atoms with E-state index in [1.165, 1.54) is 19.3 Å². The van der Waals surface area contributed by atoms with Crippen molar-refractivity contribution < 1.29 is 4.79 Å². The minimum Gasteiger partial charge on any atom is -0.357 e. The standard InChI is InChI=1S/C21H28N4O.2ClH/c1-16(20(22)18-8-4-2-5-9-18)21(26)24-15-17-10-11-23-19(14-17)25-12-6-3-7-13-25;;/h2,4-5,8-11,14,16,20H,3,6-7,12-13,15,22H2,1H3,(H,24,26);2*1H. The number of nitrogens with one attached hydrogen (secondary N) is 1. The van der Waals surface area contributed by atoms with Gasteiger partial charge in [-0.15, -0.1) is 24.8 Å². The number of amides is 1. The largest absolute Gasteiger partial charge is 0.357 e. The Labute approximate surface area is 179 Å². The Bertz CT molecular complexity index is 723. The van der Waals surface area contributed by atoms with E-state index in [0.717, 1.165) is 30.0 Å². The number of rotatable bonds is 6. The summed E-state index contributed by atoms with van der Waals surface area (Å²) in [5.74, 6) is 0.684. The third-order valence-corrected chi connectivity index (χ3v) is 5.09. The highest BCUT2D eigenvalue weighted by molar-refractivity contribution is 5.85. The molecular formula is C21H30Cl2N4O. The molecule has 2 atom stereocenters. The normalized spacial score (nSPS) is 15.6. The first-order valence-corrected chi connectivity index (χ1v) is 9.43. The van der Waals surface area contributed by atoms with Crippen LogP contribution in [0.4, 0.5) is 5.82 Å². The van der Waals surface area contributed by atoms with Crippen molar-refractivity contribution in [1.82, 2.24) is 10.3 Å². The highest BCUT2D eigenvalue weighted by Crippen LogP contribution is 2.20. The first-order valence-electron chi connectivity index (χ1n) is 9.43. The molecule has 1 saturated heterocycles. The number of nitrogens with zero attached hydrogens (tertiary/aromatic N) is 2. The molecule has 5 nitrogen and oxygen atoms in total. The molecule has 2 aromatic rings. The zero-order chi connectivity index (χ0) is 18.4. The smallest absolute Gasteiger partial charge is 0.225 e. The zero-order valence-electron chi connectivity index (χ0n) is 16.2. The number of nitrogens with two attached hydrogens (primary N) is 1. The van der Waals surface area contributed by atoms with Crippen LogP contribution in [-0.2, 0) is 11.3 Å². The third kappa shape index (κ3) is 6.36. The molecule has 1 amide bonds. The van der Waals surface area contributed by atoms with Gasteiger partial charge in [0.2, 0.25) is 5.91 Å². The van der Waals surface area contributed by atoms with E-state index in [0.29, 0.717) is 6.54 Å². The summed E-state index contributed by atoms with van der Waals surface area (Å²) < 4.78 is 0. The summed E-state index contributed by atoms with van der Waals surface area (Å²) in [4.78, 5) is 19.3. The van der Waals surface area contributed by atoms with E-state index < -0.39 is 0 Å². The molecule has 2 heterocycles. The topological polar surface area (TPSA) is 71.2 Å². The lowest BCUT2D eigenvalue weighted by Crippen LogP contribution is -2.35. The number of hydrogen-bond donors (Lipinski definition) is 2. The molecular weight excluding hydrogens is 395 g/mol. The molecule has 2 unspecified atom stereocenters. The molecule has 0 spiro atoms. The fraction of sp³-hybridized carbons (Fsp3) is 0.429. The van der Waals surface area contributed by atoms with Gasteiger partial charge in [0.25, 0.3) is 0 Å². The average Bonchev–Trinajstić information content (AvgIpc) is 2.72. The molecule has 154 valence electrons. The number of aromatic nitrogens is 1. The molecule has 0 radical (unpaired) electrons. The second-order valence-corrected chi connectivity index (χ2v) is 7.01. The molecule has 1 aromatic heterocycles. The van der Waals surface area contributed by atoms with Gasteiger partial charge in [0, 0.05) is 31.9 Å². The Morgan fingerprint density at radius 1 is 1.14 bits per heavy atom. The molecule has 3 N–H and O–H groups in total. The maximum atomic E-state index is 12.5. The van der Waals surface area contributed by atoms with E-state index in [4.69, 9.17) is 5.73 Å². The van der Waals surface area contributed by atoms with E-state index in [9.17, 15) is 4.79 Å². The zero-order valence-corrected chi connectivity index (χ0v) is 17.8. The number of carbonyl (C=O) groups is 1. The number of piperidine rings is 1. The van der Waals surface area contributed by atoms with Crippen LogP contribution in [0.15, 0.2) is 48.7 Å². The van der Waals surface area contributed by atoms with Crippen LogP contribution in [0.25, 0.3) is 0 Å². The van der Waals surface area contributed by atoms with E-state index in [1.807, 2.05) is 49.5 Å². The number of pyridine rings is 1. The lowest BCUT2D eigenvalue weighted by Gasteiger charge is -2.28. The van der Waals surface area contributed by atoms with Gasteiger partial charge in [0.15, 0.2) is 0 Å². The molecule has 1 aliphatic rings. The van der Waals surface area contributed by atoms with Gasteiger partial charge in [-0.05, 0) is 42.5 Å². The van der Waals surface area contributed by atoms with Crippen LogP contribution in [0.3, 0.4) is 0 Å². The summed E-state index contributed by atoms with van der Waals surface area (Å²) in [7, 11) is 0. The van der Waals surface area contributed by atoms with Crippen LogP contribution in [0.1, 0.15) is 43.4 Å². The van der Waals surface area contributed by atoms with Crippen LogP contribution in [0.5, 0.6) is 0 Å². The van der Waals surface area contributed by atoms with Crippen molar-refractivity contribution in [2.75, 3.05) is 18.0 Å². The summed E-state index contributed by atoms with van der Waals surface area (Å²) in [5, 5.41) is 3.01. The number of carbonyl (C=O) groups excluding carboxylic acids is 1. The Balaban J connectivity index is 0.00000196. The highest BCUT2D eigenvalue weighted by atomic mass is 35.5. The number of halogens is 2. The van der Waals surface area contributed by atoms with E-state index in [-0.39, 0.29) is 42.7 Å². The molecule has 0 aliphatic carbocycles. The van der Waals surface area contributed by atoms with Crippen LogP contribution in [-0.4, -0.2) is 24.0 Å². The highest BCUT2D eigenvalue weighted by Gasteiger charge is 2.22. The molecule has 3 rings (SSSR count). The van der Waals surface area contributed by atoms with E-state index in [1.54, 1.807) is 0 Å². The molecule has 1 fully saturated rings. The second kappa shape index (κ2) is 11.9. The van der Waals surface area contributed by atoms with Gasteiger partial charge in [-0.1, -0.05) is 37.3 Å². The predicted octanol–water partition coefficient (Wildman–Crippen LogP) is 3.87. The summed E-state index contributed by atoms with van der Waals surface area (Å²) in [5.41, 5.74) is 8.29. The Morgan fingerprint density at radius 3 is 2.50 bits per heavy atom. The van der Waals surface area contributed by atoms with Crippen molar-refractivity contribution in [2.24, 2.45) is 11.7 Å². The Kier molecular flexibility index (Phi) is 10.3. The number of benzene rings is 1. The van der Waals surface area contributed by atoms with Crippen molar-refractivity contribution in [2.45, 2.75) is 38.8 Å². The number of hydrogen-bond acceptors (Lipinski definition) is 4. The van der Waals surface area contributed by atoms with Crippen molar-refractivity contribution >= 4 is 36.5 Å². The summed E-state index contributed by atoms with van der Waals surface area (Å²) in [6, 6.07) is 13.5. The van der Waals surface area contributed by atoms with Gasteiger partial charge < -0.3 is 16.0 Å². The van der Waals surface area contributed by atoms with Gasteiger partial charge in [0.1, 0.15) is 5.82 Å². The van der Waals surface area contributed by atoms with Crippen molar-refractivity contribution in [3.63, 3.8) is 0 Å². The van der Waals surface area contributed by atoms with Crippen molar-refractivity contribution in [3.05, 3.63) is 59.8 Å². The monoisotopic (exact) mass is 424 g/mol. The van der Waals surface area contributed by atoms with Gasteiger partial charge in [-0.25, -0.2) is 4.98 Å². The molecule has 7 heteroatoms. The van der Waals surface area contributed by atoms with Gasteiger partial charge in [-0.2, -0.15) is 0 Å². The average molecular weight is 425 g/mol. The van der Waals surface area contributed by atoms with Crippen molar-refractivity contribution in [1.29, 1.82) is 0 Å². The maximum Gasteiger partial charge on any atom is 0.225 e. The molecule has 1 aromatic carbocycles. The second-order valence-electron chi connectivity index (χ2n) is 7.01. The van der Waals surface area contributed by atoms with E-state index >= 15 is 0 Å². The molecule has 0 saturated carbocycles. The fourth-order valence-corrected chi connectivity index (χ4v) is 3.34. The minimum absolute atomic E-state index is 0. The maximum absolute atomic E-state index is 12.5. The minimum atomic E-state index is -0.308. The number of anilines is 1. The summed E-state index contributed by atoms with van der Waals surface area (Å²) >= 11 is 0. The van der Waals surface area contributed by atoms with Gasteiger partial charge in [-0.3, -0.25) is 4.79 Å².